The Kier molecular flexibility index (Phi) is 2.56. The molecule has 0 aliphatic carbocycles. The Labute approximate surface area is 113 Å². The van der Waals surface area contributed by atoms with E-state index < -0.39 is 0 Å². The number of fused-ring (bicyclic) bond motifs is 1. The number of hydrogen-bond donors (Lipinski definition) is 0. The summed E-state index contributed by atoms with van der Waals surface area (Å²) in [4.78, 5) is 4.32. The van der Waals surface area contributed by atoms with E-state index in [0.717, 1.165) is 16.7 Å². The van der Waals surface area contributed by atoms with E-state index in [1.165, 1.54) is 0 Å². The molecule has 0 atom stereocenters. The van der Waals surface area contributed by atoms with Crippen molar-refractivity contribution < 1.29 is 9.31 Å². The summed E-state index contributed by atoms with van der Waals surface area (Å²) in [5, 5.41) is 0. The van der Waals surface area contributed by atoms with E-state index >= 15 is 0 Å². The van der Waals surface area contributed by atoms with Crippen LogP contribution in [-0.4, -0.2) is 27.7 Å². The zero-order valence-corrected chi connectivity index (χ0v) is 12.1. The van der Waals surface area contributed by atoms with Crippen LogP contribution in [0.5, 0.6) is 0 Å². The van der Waals surface area contributed by atoms with Gasteiger partial charge in [-0.15, -0.1) is 0 Å². The van der Waals surface area contributed by atoms with Gasteiger partial charge < -0.3 is 13.7 Å². The quantitative estimate of drug-likeness (QED) is 0.733. The number of aryl methyl sites for hydroxylation is 1. The predicted molar refractivity (Wildman–Crippen MR) is 75.6 cm³/mol. The number of aromatic nitrogens is 2. The Balaban J connectivity index is 2.02. The standard InChI is InChI=1S/C14H19BN2O2/c1-10-8-11(9-17-7-6-16-12(10)17)15-18-13(2,3)14(4,5)19-15/h6-9H,1-5H3. The van der Waals surface area contributed by atoms with E-state index in [4.69, 9.17) is 9.31 Å². The summed E-state index contributed by atoms with van der Waals surface area (Å²) in [6.07, 6.45) is 5.77. The van der Waals surface area contributed by atoms with Crippen molar-refractivity contribution in [3.8, 4) is 0 Å². The van der Waals surface area contributed by atoms with E-state index in [1.807, 2.05) is 16.8 Å². The lowest BCUT2D eigenvalue weighted by atomic mass is 9.80. The van der Waals surface area contributed by atoms with Gasteiger partial charge >= 0.3 is 7.12 Å². The third kappa shape index (κ3) is 1.88. The number of imidazole rings is 1. The molecule has 3 rings (SSSR count). The molecule has 100 valence electrons. The highest BCUT2D eigenvalue weighted by Gasteiger charge is 2.51. The summed E-state index contributed by atoms with van der Waals surface area (Å²) >= 11 is 0. The van der Waals surface area contributed by atoms with Crippen molar-refractivity contribution in [3.63, 3.8) is 0 Å². The van der Waals surface area contributed by atoms with Crippen LogP contribution in [-0.2, 0) is 9.31 Å². The lowest BCUT2D eigenvalue weighted by molar-refractivity contribution is 0.00578. The first-order valence-corrected chi connectivity index (χ1v) is 6.59. The van der Waals surface area contributed by atoms with Gasteiger partial charge in [0, 0.05) is 18.6 Å². The van der Waals surface area contributed by atoms with E-state index in [1.54, 1.807) is 6.20 Å². The molecule has 1 fully saturated rings. The Bertz CT molecular complexity index is 617. The van der Waals surface area contributed by atoms with Gasteiger partial charge in [0.25, 0.3) is 0 Å². The molecule has 1 aliphatic rings. The van der Waals surface area contributed by atoms with Gasteiger partial charge in [0.05, 0.1) is 11.2 Å². The second kappa shape index (κ2) is 3.84. The van der Waals surface area contributed by atoms with E-state index in [9.17, 15) is 0 Å². The normalized spacial score (nSPS) is 21.2. The molecule has 4 nitrogen and oxygen atoms in total. The summed E-state index contributed by atoms with van der Waals surface area (Å²) in [6.45, 7) is 10.3. The van der Waals surface area contributed by atoms with Crippen molar-refractivity contribution in [3.05, 3.63) is 30.2 Å². The van der Waals surface area contributed by atoms with Crippen LogP contribution >= 0.6 is 0 Å². The van der Waals surface area contributed by atoms with Crippen molar-refractivity contribution in [2.45, 2.75) is 45.8 Å². The Morgan fingerprint density at radius 1 is 1.16 bits per heavy atom. The van der Waals surface area contributed by atoms with E-state index in [-0.39, 0.29) is 18.3 Å². The maximum Gasteiger partial charge on any atom is 0.496 e. The number of hydrogen-bond acceptors (Lipinski definition) is 3. The van der Waals surface area contributed by atoms with E-state index in [2.05, 4.69) is 45.7 Å². The van der Waals surface area contributed by atoms with E-state index in [0.29, 0.717) is 0 Å². The van der Waals surface area contributed by atoms with Crippen molar-refractivity contribution in [2.24, 2.45) is 0 Å². The second-order valence-electron chi connectivity index (χ2n) is 6.20. The van der Waals surface area contributed by atoms with Gasteiger partial charge in [0.15, 0.2) is 0 Å². The smallest absolute Gasteiger partial charge is 0.399 e. The van der Waals surface area contributed by atoms with Crippen molar-refractivity contribution in [2.75, 3.05) is 0 Å². The average Bonchev–Trinajstić information content (AvgIpc) is 2.82. The molecular weight excluding hydrogens is 239 g/mol. The van der Waals surface area contributed by atoms with Gasteiger partial charge in [0.2, 0.25) is 0 Å². The highest BCUT2D eigenvalue weighted by atomic mass is 16.7. The lowest BCUT2D eigenvalue weighted by Crippen LogP contribution is -2.41. The van der Waals surface area contributed by atoms with Gasteiger partial charge in [-0.1, -0.05) is 6.07 Å². The average molecular weight is 258 g/mol. The van der Waals surface area contributed by atoms with Gasteiger partial charge in [-0.25, -0.2) is 4.98 Å². The summed E-state index contributed by atoms with van der Waals surface area (Å²) in [7, 11) is -0.324. The predicted octanol–water partition coefficient (Wildman–Crippen LogP) is 1.94. The Morgan fingerprint density at radius 3 is 2.42 bits per heavy atom. The monoisotopic (exact) mass is 258 g/mol. The largest absolute Gasteiger partial charge is 0.496 e. The number of rotatable bonds is 1. The number of nitrogens with zero attached hydrogens (tertiary/aromatic N) is 2. The van der Waals surface area contributed by atoms with Crippen molar-refractivity contribution in [1.29, 1.82) is 0 Å². The molecule has 0 unspecified atom stereocenters. The van der Waals surface area contributed by atoms with Gasteiger partial charge in [-0.2, -0.15) is 0 Å². The molecule has 2 aromatic rings. The van der Waals surface area contributed by atoms with Gasteiger partial charge in [0.1, 0.15) is 5.65 Å². The molecule has 2 aromatic heterocycles. The molecule has 0 bridgehead atoms. The topological polar surface area (TPSA) is 35.8 Å². The SMILES string of the molecule is Cc1cc(B2OC(C)(C)C(C)(C)O2)cn2ccnc12. The summed E-state index contributed by atoms with van der Waals surface area (Å²) in [5.41, 5.74) is 2.50. The molecule has 5 heteroatoms. The van der Waals surface area contributed by atoms with Crippen LogP contribution in [0.2, 0.25) is 0 Å². The molecule has 0 N–H and O–H groups in total. The maximum absolute atomic E-state index is 6.07. The number of pyridine rings is 1. The highest BCUT2D eigenvalue weighted by molar-refractivity contribution is 6.62. The molecule has 0 aromatic carbocycles. The lowest BCUT2D eigenvalue weighted by Gasteiger charge is -2.32. The Morgan fingerprint density at radius 2 is 1.79 bits per heavy atom. The third-order valence-corrected chi connectivity index (χ3v) is 4.22. The van der Waals surface area contributed by atoms with Crippen LogP contribution < -0.4 is 5.46 Å². The first kappa shape index (κ1) is 12.7. The van der Waals surface area contributed by atoms with Crippen molar-refractivity contribution in [1.82, 2.24) is 9.38 Å². The highest BCUT2D eigenvalue weighted by Crippen LogP contribution is 2.36. The van der Waals surface area contributed by atoms with Crippen LogP contribution in [0, 0.1) is 6.92 Å². The fourth-order valence-electron chi connectivity index (χ4n) is 2.34. The molecular formula is C14H19BN2O2. The third-order valence-electron chi connectivity index (χ3n) is 4.22. The van der Waals surface area contributed by atoms with Gasteiger partial charge in [-0.3, -0.25) is 0 Å². The van der Waals surface area contributed by atoms with Crippen LogP contribution in [0.4, 0.5) is 0 Å². The summed E-state index contributed by atoms with van der Waals surface area (Å²) in [6, 6.07) is 2.09. The first-order chi connectivity index (χ1) is 8.80. The molecule has 0 radical (unpaired) electrons. The minimum Gasteiger partial charge on any atom is -0.399 e. The fourth-order valence-corrected chi connectivity index (χ4v) is 2.34. The van der Waals surface area contributed by atoms with Crippen LogP contribution in [0.3, 0.4) is 0 Å². The summed E-state index contributed by atoms with van der Waals surface area (Å²) in [5.74, 6) is 0. The molecule has 0 amide bonds. The molecule has 3 heterocycles. The van der Waals surface area contributed by atoms with Crippen molar-refractivity contribution >= 4 is 18.2 Å². The molecule has 1 saturated heterocycles. The zero-order valence-electron chi connectivity index (χ0n) is 12.1. The van der Waals surface area contributed by atoms with Crippen LogP contribution in [0.25, 0.3) is 5.65 Å². The minimum atomic E-state index is -0.324. The Hall–Kier alpha value is -1.33. The molecule has 1 aliphatic heterocycles. The maximum atomic E-state index is 6.07. The van der Waals surface area contributed by atoms with Gasteiger partial charge in [-0.05, 0) is 45.6 Å². The summed E-state index contributed by atoms with van der Waals surface area (Å²) < 4.78 is 14.2. The van der Waals surface area contributed by atoms with Crippen LogP contribution in [0.15, 0.2) is 24.7 Å². The molecule has 19 heavy (non-hydrogen) atoms. The second-order valence-corrected chi connectivity index (χ2v) is 6.20. The molecule has 0 saturated carbocycles. The fraction of sp³-hybridized carbons (Fsp3) is 0.500. The minimum absolute atomic E-state index is 0.310. The zero-order chi connectivity index (χ0) is 13.8. The first-order valence-electron chi connectivity index (χ1n) is 6.59. The molecule has 0 spiro atoms. The van der Waals surface area contributed by atoms with Crippen LogP contribution in [0.1, 0.15) is 33.3 Å².